The summed E-state index contributed by atoms with van der Waals surface area (Å²) < 4.78 is 16.7. The third kappa shape index (κ3) is 55.3. The molecule has 0 saturated carbocycles. The number of amides is 1. The SMILES string of the molecule is CCCCC/C=C\CCCCCCCC(=O)OCCCCCCCCCCCCC/C=C\C/C=C\CCCCCCCCCCCCCCCCCCCC(=O)NC(COC1OC(CO)C(O)C(O)C1O)C(O)/C=C/CC/C=C/CC/C=C/CCCCCC. The van der Waals surface area contributed by atoms with Gasteiger partial charge in [-0.3, -0.25) is 9.59 Å². The number of allylic oxidation sites excluding steroid dienone is 11. The van der Waals surface area contributed by atoms with E-state index in [0.29, 0.717) is 19.4 Å². The van der Waals surface area contributed by atoms with Crippen LogP contribution in [0.25, 0.3) is 0 Å². The zero-order valence-corrected chi connectivity index (χ0v) is 57.6. The predicted molar refractivity (Wildman–Crippen MR) is 375 cm³/mol. The lowest BCUT2D eigenvalue weighted by Crippen LogP contribution is -2.60. The molecule has 1 saturated heterocycles. The van der Waals surface area contributed by atoms with Gasteiger partial charge in [0.1, 0.15) is 24.4 Å². The molecule has 0 aromatic rings. The van der Waals surface area contributed by atoms with Crippen LogP contribution in [0.4, 0.5) is 0 Å². The maximum absolute atomic E-state index is 13.1. The Balaban J connectivity index is 1.96. The number of ether oxygens (including phenoxy) is 3. The first kappa shape index (κ1) is 84.1. The lowest BCUT2D eigenvalue weighted by Gasteiger charge is -2.40. The Morgan fingerprint density at radius 2 is 0.764 bits per heavy atom. The van der Waals surface area contributed by atoms with E-state index in [2.05, 4.69) is 79.9 Å². The fourth-order valence-electron chi connectivity index (χ4n) is 11.6. The molecule has 0 aromatic heterocycles. The van der Waals surface area contributed by atoms with Crippen molar-refractivity contribution in [2.24, 2.45) is 0 Å². The molecule has 11 nitrogen and oxygen atoms in total. The molecule has 0 aliphatic carbocycles. The molecule has 11 heteroatoms. The van der Waals surface area contributed by atoms with Crippen molar-refractivity contribution in [3.8, 4) is 0 Å². The molecule has 1 amide bonds. The molecule has 0 bridgehead atoms. The highest BCUT2D eigenvalue weighted by Gasteiger charge is 2.44. The van der Waals surface area contributed by atoms with Crippen molar-refractivity contribution in [3.05, 3.63) is 72.9 Å². The van der Waals surface area contributed by atoms with Gasteiger partial charge >= 0.3 is 5.97 Å². The molecule has 1 aliphatic heterocycles. The van der Waals surface area contributed by atoms with Crippen molar-refractivity contribution < 1.29 is 49.3 Å². The number of carbonyl (C=O) groups is 2. The summed E-state index contributed by atoms with van der Waals surface area (Å²) in [6.45, 7) is 4.30. The van der Waals surface area contributed by atoms with E-state index in [1.807, 2.05) is 6.08 Å². The summed E-state index contributed by atoms with van der Waals surface area (Å²) in [5, 5.41) is 54.5. The average Bonchev–Trinajstić information content (AvgIpc) is 1.77. The van der Waals surface area contributed by atoms with Crippen LogP contribution in [0.3, 0.4) is 0 Å². The van der Waals surface area contributed by atoms with E-state index in [0.717, 1.165) is 77.0 Å². The van der Waals surface area contributed by atoms with Gasteiger partial charge in [-0.15, -0.1) is 0 Å². The third-order valence-corrected chi connectivity index (χ3v) is 17.5. The van der Waals surface area contributed by atoms with Crippen molar-refractivity contribution in [1.82, 2.24) is 5.32 Å². The van der Waals surface area contributed by atoms with Gasteiger partial charge < -0.3 is 45.1 Å². The topological polar surface area (TPSA) is 175 Å². The zero-order chi connectivity index (χ0) is 64.4. The van der Waals surface area contributed by atoms with Crippen LogP contribution in [-0.4, -0.2) is 100 Å². The minimum Gasteiger partial charge on any atom is -0.466 e. The molecule has 1 aliphatic rings. The monoisotopic (exact) mass is 1250 g/mol. The van der Waals surface area contributed by atoms with Crippen LogP contribution < -0.4 is 5.32 Å². The minimum absolute atomic E-state index is 0.000649. The van der Waals surface area contributed by atoms with Gasteiger partial charge in [0.25, 0.3) is 0 Å². The average molecular weight is 1250 g/mol. The highest BCUT2D eigenvalue weighted by atomic mass is 16.7. The molecule has 0 spiro atoms. The van der Waals surface area contributed by atoms with Gasteiger partial charge in [0.05, 0.1) is 32.0 Å². The Morgan fingerprint density at radius 3 is 1.20 bits per heavy atom. The van der Waals surface area contributed by atoms with Gasteiger partial charge in [0.15, 0.2) is 6.29 Å². The molecule has 0 aromatic carbocycles. The van der Waals surface area contributed by atoms with Crippen LogP contribution >= 0.6 is 0 Å². The highest BCUT2D eigenvalue weighted by molar-refractivity contribution is 5.76. The van der Waals surface area contributed by atoms with Gasteiger partial charge in [-0.05, 0) is 116 Å². The zero-order valence-electron chi connectivity index (χ0n) is 57.6. The Bertz CT molecular complexity index is 1710. The number of esters is 1. The number of hydrogen-bond donors (Lipinski definition) is 6. The number of hydrogen-bond acceptors (Lipinski definition) is 10. The quantitative estimate of drug-likeness (QED) is 0.0195. The number of unbranched alkanes of at least 4 members (excludes halogenated alkanes) is 42. The summed E-state index contributed by atoms with van der Waals surface area (Å²) in [7, 11) is 0. The number of aliphatic hydroxyl groups excluding tert-OH is 5. The maximum Gasteiger partial charge on any atom is 0.305 e. The fraction of sp³-hybridized carbons (Fsp3) is 0.821. The van der Waals surface area contributed by atoms with Gasteiger partial charge in [0, 0.05) is 12.8 Å². The number of rotatable bonds is 66. The molecule has 1 rings (SSSR count). The molecule has 7 unspecified atom stereocenters. The lowest BCUT2D eigenvalue weighted by molar-refractivity contribution is -0.302. The minimum atomic E-state index is -1.58. The van der Waals surface area contributed by atoms with Crippen LogP contribution in [0.5, 0.6) is 0 Å². The molecule has 89 heavy (non-hydrogen) atoms. The second kappa shape index (κ2) is 66.6. The van der Waals surface area contributed by atoms with E-state index in [-0.39, 0.29) is 18.5 Å². The van der Waals surface area contributed by atoms with E-state index in [1.165, 1.54) is 244 Å². The first-order valence-corrected chi connectivity index (χ1v) is 37.7. The van der Waals surface area contributed by atoms with Crippen molar-refractivity contribution in [3.63, 3.8) is 0 Å². The summed E-state index contributed by atoms with van der Waals surface area (Å²) in [5.41, 5.74) is 0. The molecular weight excluding hydrogens is 1110 g/mol. The fourth-order valence-corrected chi connectivity index (χ4v) is 11.6. The third-order valence-electron chi connectivity index (χ3n) is 17.5. The van der Waals surface area contributed by atoms with Crippen molar-refractivity contribution >= 4 is 11.9 Å². The van der Waals surface area contributed by atoms with Crippen molar-refractivity contribution in [1.29, 1.82) is 0 Å². The van der Waals surface area contributed by atoms with E-state index in [9.17, 15) is 35.1 Å². The predicted octanol–water partition coefficient (Wildman–Crippen LogP) is 19.9. The first-order chi connectivity index (χ1) is 43.7. The maximum atomic E-state index is 13.1. The second-order valence-electron chi connectivity index (χ2n) is 26.0. The van der Waals surface area contributed by atoms with Gasteiger partial charge in [-0.2, -0.15) is 0 Å². The largest absolute Gasteiger partial charge is 0.466 e. The Kier molecular flexibility index (Phi) is 62.9. The number of carbonyl (C=O) groups excluding carboxylic acids is 2. The number of nitrogens with one attached hydrogen (secondary N) is 1. The normalized spacial score (nSPS) is 18.1. The summed E-state index contributed by atoms with van der Waals surface area (Å²) >= 11 is 0. The van der Waals surface area contributed by atoms with Crippen LogP contribution in [-0.2, 0) is 23.8 Å². The summed E-state index contributed by atoms with van der Waals surface area (Å²) in [5.74, 6) is -0.194. The van der Waals surface area contributed by atoms with Crippen LogP contribution in [0.15, 0.2) is 72.9 Å². The van der Waals surface area contributed by atoms with Crippen LogP contribution in [0.2, 0.25) is 0 Å². The van der Waals surface area contributed by atoms with E-state index in [1.54, 1.807) is 6.08 Å². The molecule has 7 atom stereocenters. The smallest absolute Gasteiger partial charge is 0.305 e. The van der Waals surface area contributed by atoms with Crippen LogP contribution in [0, 0.1) is 0 Å². The lowest BCUT2D eigenvalue weighted by atomic mass is 9.99. The van der Waals surface area contributed by atoms with Crippen LogP contribution in [0.1, 0.15) is 348 Å². The summed E-state index contributed by atoms with van der Waals surface area (Å²) in [6.07, 6.45) is 80.5. The van der Waals surface area contributed by atoms with Crippen molar-refractivity contribution in [2.45, 2.75) is 391 Å². The van der Waals surface area contributed by atoms with Gasteiger partial charge in [0.2, 0.25) is 5.91 Å². The Labute approximate surface area is 547 Å². The van der Waals surface area contributed by atoms with E-state index in [4.69, 9.17) is 14.2 Å². The molecule has 1 fully saturated rings. The van der Waals surface area contributed by atoms with Crippen molar-refractivity contribution in [2.75, 3.05) is 19.8 Å². The Morgan fingerprint density at radius 1 is 0.416 bits per heavy atom. The second-order valence-corrected chi connectivity index (χ2v) is 26.0. The van der Waals surface area contributed by atoms with E-state index >= 15 is 0 Å². The van der Waals surface area contributed by atoms with Gasteiger partial charge in [-0.1, -0.05) is 292 Å². The molecule has 6 N–H and O–H groups in total. The molecular formula is C78H141NO10. The standard InChI is InChI=1S/C78H141NO10/c1-3-5-7-9-11-13-15-17-41-44-48-52-56-60-64-71(81)70(69-88-78-77(86)76(85)75(84)72(68-80)89-78)79-73(82)65-61-57-53-49-45-42-39-37-35-33-31-29-27-25-23-21-19-18-20-22-24-26-28-30-32-34-36-38-40-43-47-51-55-59-63-67-87-74(83)66-62-58-54-50-46-16-14-12-10-8-6-4-2/h12-15,20,22,26,28,44,48,60,64,70-72,75-78,80-81,84-86H,3-11,16-19,21,23-25,27,29-43,45-47,49-59,61-63,65-69H2,1-2H3,(H,79,82)/b14-12-,15-13+,22-20-,28-26-,48-44+,64-60+. The van der Waals surface area contributed by atoms with Gasteiger partial charge in [-0.25, -0.2) is 0 Å². The van der Waals surface area contributed by atoms with E-state index < -0.39 is 49.5 Å². The molecule has 1 heterocycles. The highest BCUT2D eigenvalue weighted by Crippen LogP contribution is 2.23. The number of aliphatic hydroxyl groups is 5. The summed E-state index contributed by atoms with van der Waals surface area (Å²) in [4.78, 5) is 25.1. The first-order valence-electron chi connectivity index (χ1n) is 37.7. The Hall–Kier alpha value is -2.90. The summed E-state index contributed by atoms with van der Waals surface area (Å²) in [6, 6.07) is -0.835. The molecule has 0 radical (unpaired) electrons. The molecule has 518 valence electrons.